The molecule has 1 aliphatic rings. The van der Waals surface area contributed by atoms with Crippen molar-refractivity contribution in [3.8, 4) is 0 Å². The van der Waals surface area contributed by atoms with E-state index in [0.29, 0.717) is 5.02 Å². The van der Waals surface area contributed by atoms with E-state index in [2.05, 4.69) is 17.4 Å². The number of hydrogen-bond acceptors (Lipinski definition) is 3. The fourth-order valence-corrected chi connectivity index (χ4v) is 2.54. The quantitative estimate of drug-likeness (QED) is 0.669. The highest BCUT2D eigenvalue weighted by atomic mass is 35.5. The van der Waals surface area contributed by atoms with Crippen molar-refractivity contribution in [3.05, 3.63) is 34.9 Å². The summed E-state index contributed by atoms with van der Waals surface area (Å²) in [5.74, 6) is 0.668. The molecular weight excluding hydrogens is 288 g/mol. The lowest BCUT2D eigenvalue weighted by atomic mass is 9.87. The van der Waals surface area contributed by atoms with Crippen molar-refractivity contribution < 1.29 is 9.63 Å². The molecule has 2 rings (SSSR count). The maximum absolute atomic E-state index is 11.7. The number of nitrogens with zero attached hydrogens (tertiary/aromatic N) is 1. The van der Waals surface area contributed by atoms with E-state index in [1.54, 1.807) is 18.3 Å². The van der Waals surface area contributed by atoms with Crippen LogP contribution in [0.4, 0.5) is 0 Å². The minimum Gasteiger partial charge on any atom is -0.386 e. The Balaban J connectivity index is 1.66. The zero-order chi connectivity index (χ0) is 15.1. The molecule has 1 aromatic carbocycles. The second kappa shape index (κ2) is 8.03. The van der Waals surface area contributed by atoms with Crippen LogP contribution in [0, 0.1) is 5.92 Å². The third-order valence-electron chi connectivity index (χ3n) is 3.72. The van der Waals surface area contributed by atoms with E-state index < -0.39 is 0 Å². The summed E-state index contributed by atoms with van der Waals surface area (Å²) in [6.07, 6.45) is 6.04. The summed E-state index contributed by atoms with van der Waals surface area (Å²) in [7, 11) is 0. The number of amides is 1. The normalized spacial score (nSPS) is 22.2. The Kier molecular flexibility index (Phi) is 6.05. The van der Waals surface area contributed by atoms with Gasteiger partial charge in [0.2, 0.25) is 0 Å². The van der Waals surface area contributed by atoms with Crippen molar-refractivity contribution in [2.24, 2.45) is 11.1 Å². The van der Waals surface area contributed by atoms with Gasteiger partial charge in [-0.1, -0.05) is 35.8 Å². The largest absolute Gasteiger partial charge is 0.386 e. The van der Waals surface area contributed by atoms with Gasteiger partial charge < -0.3 is 10.2 Å². The predicted molar refractivity (Wildman–Crippen MR) is 84.6 cm³/mol. The lowest BCUT2D eigenvalue weighted by Crippen LogP contribution is -2.39. The molecular formula is C16H21ClN2O2. The number of oxime groups is 1. The van der Waals surface area contributed by atoms with Gasteiger partial charge in [-0.2, -0.15) is 0 Å². The van der Waals surface area contributed by atoms with E-state index in [0.717, 1.165) is 24.3 Å². The van der Waals surface area contributed by atoms with Crippen LogP contribution < -0.4 is 5.32 Å². The van der Waals surface area contributed by atoms with Crippen molar-refractivity contribution in [3.63, 3.8) is 0 Å². The van der Waals surface area contributed by atoms with E-state index in [9.17, 15) is 4.79 Å². The Labute approximate surface area is 130 Å². The third-order valence-corrected chi connectivity index (χ3v) is 3.97. The molecule has 0 atom stereocenters. The fraction of sp³-hybridized carbons (Fsp3) is 0.500. The van der Waals surface area contributed by atoms with Gasteiger partial charge >= 0.3 is 0 Å². The van der Waals surface area contributed by atoms with E-state index in [4.69, 9.17) is 16.4 Å². The molecule has 0 spiro atoms. The van der Waals surface area contributed by atoms with Crippen LogP contribution in [0.15, 0.2) is 29.4 Å². The molecule has 0 bridgehead atoms. The number of carbonyl (C=O) groups is 1. The summed E-state index contributed by atoms with van der Waals surface area (Å²) < 4.78 is 0. The molecule has 0 heterocycles. The molecule has 0 aromatic heterocycles. The Morgan fingerprint density at radius 3 is 2.67 bits per heavy atom. The standard InChI is InChI=1S/C16H21ClN2O2/c1-12-2-8-15(9-3-12)19-16(20)11-21-18-10-13-4-6-14(17)7-5-13/h4-7,10,12,15H,2-3,8-9,11H2,1H3,(H,19,20)/b18-10+. The lowest BCUT2D eigenvalue weighted by Gasteiger charge is -2.26. The highest BCUT2D eigenvalue weighted by Gasteiger charge is 2.19. The molecule has 0 radical (unpaired) electrons. The van der Waals surface area contributed by atoms with Gasteiger partial charge in [-0.3, -0.25) is 4.79 Å². The van der Waals surface area contributed by atoms with E-state index in [-0.39, 0.29) is 18.6 Å². The zero-order valence-corrected chi connectivity index (χ0v) is 13.0. The minimum atomic E-state index is -0.109. The Bertz CT molecular complexity index is 480. The van der Waals surface area contributed by atoms with Crippen LogP contribution in [-0.4, -0.2) is 24.8 Å². The van der Waals surface area contributed by atoms with E-state index >= 15 is 0 Å². The molecule has 0 unspecified atom stereocenters. The molecule has 4 nitrogen and oxygen atoms in total. The minimum absolute atomic E-state index is 0.0455. The molecule has 1 aromatic rings. The van der Waals surface area contributed by atoms with Gasteiger partial charge in [0.05, 0.1) is 6.21 Å². The van der Waals surface area contributed by atoms with Crippen LogP contribution in [0.2, 0.25) is 5.02 Å². The first-order valence-corrected chi connectivity index (χ1v) is 7.71. The van der Waals surface area contributed by atoms with Crippen LogP contribution in [0.5, 0.6) is 0 Å². The van der Waals surface area contributed by atoms with Crippen LogP contribution in [0.25, 0.3) is 0 Å². The maximum Gasteiger partial charge on any atom is 0.260 e. The summed E-state index contributed by atoms with van der Waals surface area (Å²) in [6, 6.07) is 7.51. The van der Waals surface area contributed by atoms with Crippen molar-refractivity contribution in [1.29, 1.82) is 0 Å². The average Bonchev–Trinajstić information content (AvgIpc) is 2.48. The molecule has 21 heavy (non-hydrogen) atoms. The van der Waals surface area contributed by atoms with Crippen molar-refractivity contribution in [1.82, 2.24) is 5.32 Å². The summed E-state index contributed by atoms with van der Waals surface area (Å²) in [6.45, 7) is 2.21. The van der Waals surface area contributed by atoms with E-state index in [1.807, 2.05) is 12.1 Å². The molecule has 0 aliphatic heterocycles. The number of rotatable bonds is 5. The molecule has 114 valence electrons. The van der Waals surface area contributed by atoms with Gasteiger partial charge in [0.1, 0.15) is 0 Å². The molecule has 1 fully saturated rings. The Hall–Kier alpha value is -1.55. The number of halogens is 1. The molecule has 1 saturated carbocycles. The van der Waals surface area contributed by atoms with Crippen molar-refractivity contribution in [2.75, 3.05) is 6.61 Å². The fourth-order valence-electron chi connectivity index (χ4n) is 2.42. The predicted octanol–water partition coefficient (Wildman–Crippen LogP) is 3.39. The summed E-state index contributed by atoms with van der Waals surface area (Å²) >= 11 is 5.79. The molecule has 0 saturated heterocycles. The van der Waals surface area contributed by atoms with Gasteiger partial charge in [0, 0.05) is 11.1 Å². The smallest absolute Gasteiger partial charge is 0.260 e. The van der Waals surface area contributed by atoms with Crippen LogP contribution in [0.3, 0.4) is 0 Å². The monoisotopic (exact) mass is 308 g/mol. The van der Waals surface area contributed by atoms with Gasteiger partial charge in [0.15, 0.2) is 6.61 Å². The summed E-state index contributed by atoms with van der Waals surface area (Å²) in [5.41, 5.74) is 0.876. The highest BCUT2D eigenvalue weighted by molar-refractivity contribution is 6.30. The summed E-state index contributed by atoms with van der Waals surface area (Å²) in [5, 5.41) is 7.45. The Morgan fingerprint density at radius 2 is 2.00 bits per heavy atom. The number of benzene rings is 1. The number of carbonyl (C=O) groups excluding carboxylic acids is 1. The molecule has 1 amide bonds. The van der Waals surface area contributed by atoms with Gasteiger partial charge in [-0.25, -0.2) is 0 Å². The van der Waals surface area contributed by atoms with Crippen LogP contribution in [-0.2, 0) is 9.63 Å². The van der Waals surface area contributed by atoms with E-state index in [1.165, 1.54) is 12.8 Å². The van der Waals surface area contributed by atoms with Crippen LogP contribution >= 0.6 is 11.6 Å². The van der Waals surface area contributed by atoms with Crippen molar-refractivity contribution >= 4 is 23.7 Å². The lowest BCUT2D eigenvalue weighted by molar-refractivity contribution is -0.126. The zero-order valence-electron chi connectivity index (χ0n) is 12.2. The SMILES string of the molecule is CC1CCC(NC(=O)CO/N=C/c2ccc(Cl)cc2)CC1. The van der Waals surface area contributed by atoms with Gasteiger partial charge in [-0.15, -0.1) is 0 Å². The number of hydrogen-bond donors (Lipinski definition) is 1. The first-order chi connectivity index (χ1) is 10.1. The van der Waals surface area contributed by atoms with Gasteiger partial charge in [0.25, 0.3) is 5.91 Å². The molecule has 1 aliphatic carbocycles. The average molecular weight is 309 g/mol. The number of nitrogens with one attached hydrogen (secondary N) is 1. The van der Waals surface area contributed by atoms with Crippen molar-refractivity contribution in [2.45, 2.75) is 38.6 Å². The maximum atomic E-state index is 11.7. The molecule has 5 heteroatoms. The Morgan fingerprint density at radius 1 is 1.33 bits per heavy atom. The highest BCUT2D eigenvalue weighted by Crippen LogP contribution is 2.23. The third kappa shape index (κ3) is 5.76. The topological polar surface area (TPSA) is 50.7 Å². The van der Waals surface area contributed by atoms with Gasteiger partial charge in [-0.05, 0) is 49.3 Å². The summed E-state index contributed by atoms with van der Waals surface area (Å²) in [4.78, 5) is 16.7. The second-order valence-electron chi connectivity index (χ2n) is 5.58. The second-order valence-corrected chi connectivity index (χ2v) is 6.02. The van der Waals surface area contributed by atoms with Crippen LogP contribution in [0.1, 0.15) is 38.2 Å². The first-order valence-electron chi connectivity index (χ1n) is 7.34. The molecule has 1 N–H and O–H groups in total. The first kappa shape index (κ1) is 15.8.